The van der Waals surface area contributed by atoms with Crippen LogP contribution < -0.4 is 5.32 Å². The second-order valence-electron chi connectivity index (χ2n) is 8.70. The van der Waals surface area contributed by atoms with Crippen molar-refractivity contribution in [2.45, 2.75) is 71.9 Å². The Morgan fingerprint density at radius 2 is 1.96 bits per heavy atom. The molecule has 0 aromatic carbocycles. The van der Waals surface area contributed by atoms with E-state index in [1.807, 2.05) is 13.8 Å². The number of carbonyl (C=O) groups excluding carboxylic acids is 3. The van der Waals surface area contributed by atoms with E-state index in [1.54, 1.807) is 4.90 Å². The normalized spacial score (nSPS) is 29.2. The van der Waals surface area contributed by atoms with Crippen LogP contribution >= 0.6 is 11.8 Å². The fourth-order valence-corrected chi connectivity index (χ4v) is 4.92. The number of thioether (sulfide) groups is 1. The third kappa shape index (κ3) is 6.40. The highest BCUT2D eigenvalue weighted by Gasteiger charge is 2.35. The van der Waals surface area contributed by atoms with E-state index in [0.29, 0.717) is 24.3 Å². The van der Waals surface area contributed by atoms with Crippen LogP contribution in [0.15, 0.2) is 0 Å². The van der Waals surface area contributed by atoms with E-state index in [2.05, 4.69) is 26.1 Å². The van der Waals surface area contributed by atoms with Gasteiger partial charge in [0.2, 0.25) is 11.8 Å². The van der Waals surface area contributed by atoms with Gasteiger partial charge in [0, 0.05) is 6.54 Å². The van der Waals surface area contributed by atoms with Gasteiger partial charge in [0.1, 0.15) is 12.5 Å². The first-order valence-electron chi connectivity index (χ1n) is 10.1. The van der Waals surface area contributed by atoms with Crippen LogP contribution in [0.2, 0.25) is 0 Å². The summed E-state index contributed by atoms with van der Waals surface area (Å²) in [6.07, 6.45) is 3.05. The Labute approximate surface area is 167 Å². The van der Waals surface area contributed by atoms with Gasteiger partial charge in [0.05, 0.1) is 5.75 Å². The van der Waals surface area contributed by atoms with Crippen LogP contribution in [0.1, 0.15) is 60.3 Å². The summed E-state index contributed by atoms with van der Waals surface area (Å²) in [6, 6.07) is 0. The predicted molar refractivity (Wildman–Crippen MR) is 107 cm³/mol. The van der Waals surface area contributed by atoms with Gasteiger partial charge in [-0.25, -0.2) is 0 Å². The van der Waals surface area contributed by atoms with Gasteiger partial charge in [-0.1, -0.05) is 41.0 Å². The van der Waals surface area contributed by atoms with E-state index in [-0.39, 0.29) is 42.0 Å². The van der Waals surface area contributed by atoms with Crippen molar-refractivity contribution in [3.05, 3.63) is 0 Å². The van der Waals surface area contributed by atoms with E-state index < -0.39 is 5.50 Å². The molecule has 1 saturated carbocycles. The van der Waals surface area contributed by atoms with Crippen molar-refractivity contribution >= 4 is 29.5 Å². The van der Waals surface area contributed by atoms with Crippen molar-refractivity contribution in [2.24, 2.45) is 23.7 Å². The summed E-state index contributed by atoms with van der Waals surface area (Å²) < 4.78 is 5.82. The molecule has 2 rings (SSSR count). The lowest BCUT2D eigenvalue weighted by atomic mass is 9.75. The van der Waals surface area contributed by atoms with Crippen LogP contribution in [-0.4, -0.2) is 46.6 Å². The summed E-state index contributed by atoms with van der Waals surface area (Å²) in [7, 11) is 0. The van der Waals surface area contributed by atoms with E-state index in [9.17, 15) is 14.4 Å². The Morgan fingerprint density at radius 3 is 2.59 bits per heavy atom. The first-order valence-corrected chi connectivity index (χ1v) is 11.1. The van der Waals surface area contributed by atoms with Gasteiger partial charge in [-0.2, -0.15) is 0 Å². The molecule has 2 aliphatic rings. The maximum atomic E-state index is 12.5. The highest BCUT2D eigenvalue weighted by molar-refractivity contribution is 8.00. The number of ether oxygens (including phenoxy) is 1. The zero-order chi connectivity index (χ0) is 20.1. The molecule has 6 nitrogen and oxygen atoms in total. The molecular formula is C20H34N2O4S. The Hall–Kier alpha value is -1.24. The molecule has 2 amide bonds. The van der Waals surface area contributed by atoms with Gasteiger partial charge in [-0.05, 0) is 36.5 Å². The zero-order valence-electron chi connectivity index (χ0n) is 17.2. The lowest BCUT2D eigenvalue weighted by molar-refractivity contribution is -0.152. The lowest BCUT2D eigenvalue weighted by Gasteiger charge is -2.37. The minimum absolute atomic E-state index is 0.0313. The summed E-state index contributed by atoms with van der Waals surface area (Å²) >= 11 is 1.26. The van der Waals surface area contributed by atoms with Crippen LogP contribution in [0.3, 0.4) is 0 Å². The van der Waals surface area contributed by atoms with Gasteiger partial charge in [-0.15, -0.1) is 11.8 Å². The molecule has 0 bridgehead atoms. The molecule has 1 heterocycles. The van der Waals surface area contributed by atoms with Crippen LogP contribution in [0.25, 0.3) is 0 Å². The predicted octanol–water partition coefficient (Wildman–Crippen LogP) is 3.01. The number of hydrogen-bond acceptors (Lipinski definition) is 5. The van der Waals surface area contributed by atoms with E-state index in [0.717, 1.165) is 12.8 Å². The standard InChI is InChI=1S/C20H34N2O4S/c1-12(2)10-22-18(24)9-17(23)21-20(22)27-11-19(25)26-16-8-14(5)6-7-15(16)13(3)4/h12-16,20H,6-11H2,1-5H3,(H,21,23)/t14-,15+,16+,20-/m0/s1. The Morgan fingerprint density at radius 1 is 1.26 bits per heavy atom. The molecule has 27 heavy (non-hydrogen) atoms. The highest BCUT2D eigenvalue weighted by Crippen LogP contribution is 2.35. The molecule has 1 N–H and O–H groups in total. The molecule has 2 fully saturated rings. The molecule has 0 spiro atoms. The number of nitrogens with one attached hydrogen (secondary N) is 1. The van der Waals surface area contributed by atoms with Gasteiger partial charge in [-0.3, -0.25) is 14.4 Å². The van der Waals surface area contributed by atoms with Gasteiger partial charge in [0.15, 0.2) is 5.50 Å². The molecule has 154 valence electrons. The number of hydrogen-bond donors (Lipinski definition) is 1. The van der Waals surface area contributed by atoms with Crippen LogP contribution in [0.4, 0.5) is 0 Å². The van der Waals surface area contributed by atoms with E-state index in [4.69, 9.17) is 4.74 Å². The summed E-state index contributed by atoms with van der Waals surface area (Å²) in [6.45, 7) is 11.2. The van der Waals surface area contributed by atoms with Crippen molar-refractivity contribution in [2.75, 3.05) is 12.3 Å². The number of amides is 2. The summed E-state index contributed by atoms with van der Waals surface area (Å²) in [5, 5.41) is 2.82. The lowest BCUT2D eigenvalue weighted by Crippen LogP contribution is -2.56. The third-order valence-electron chi connectivity index (χ3n) is 5.36. The maximum absolute atomic E-state index is 12.5. The maximum Gasteiger partial charge on any atom is 0.316 e. The molecule has 0 radical (unpaired) electrons. The molecule has 1 saturated heterocycles. The molecular weight excluding hydrogens is 364 g/mol. The smallest absolute Gasteiger partial charge is 0.316 e. The summed E-state index contributed by atoms with van der Waals surface area (Å²) in [4.78, 5) is 38.1. The molecule has 0 aromatic heterocycles. The van der Waals surface area contributed by atoms with Crippen molar-refractivity contribution in [1.29, 1.82) is 0 Å². The largest absolute Gasteiger partial charge is 0.461 e. The quantitative estimate of drug-likeness (QED) is 0.527. The van der Waals surface area contributed by atoms with Crippen molar-refractivity contribution in [1.82, 2.24) is 10.2 Å². The topological polar surface area (TPSA) is 75.7 Å². The average molecular weight is 399 g/mol. The zero-order valence-corrected chi connectivity index (χ0v) is 18.0. The van der Waals surface area contributed by atoms with Crippen LogP contribution in [0.5, 0.6) is 0 Å². The van der Waals surface area contributed by atoms with Crippen molar-refractivity contribution in [3.8, 4) is 0 Å². The molecule has 0 unspecified atom stereocenters. The minimum Gasteiger partial charge on any atom is -0.461 e. The average Bonchev–Trinajstić information content (AvgIpc) is 2.55. The van der Waals surface area contributed by atoms with E-state index >= 15 is 0 Å². The Kier molecular flexibility index (Phi) is 8.01. The van der Waals surface area contributed by atoms with Gasteiger partial charge >= 0.3 is 5.97 Å². The second kappa shape index (κ2) is 9.80. The van der Waals surface area contributed by atoms with Gasteiger partial charge in [0.25, 0.3) is 0 Å². The van der Waals surface area contributed by atoms with E-state index in [1.165, 1.54) is 18.2 Å². The fourth-order valence-electron chi connectivity index (χ4n) is 3.96. The Bertz CT molecular complexity index is 552. The fraction of sp³-hybridized carbons (Fsp3) is 0.850. The molecule has 0 aromatic rings. The number of esters is 1. The number of carbonyl (C=O) groups is 3. The SMILES string of the molecule is CC(C)CN1C(=O)CC(=O)N[C@@H]1SCC(=O)O[C@@H]1C[C@@H](C)CC[C@@H]1C(C)C. The monoisotopic (exact) mass is 398 g/mol. The van der Waals surface area contributed by atoms with Gasteiger partial charge < -0.3 is 15.0 Å². The molecule has 1 aliphatic carbocycles. The molecule has 4 atom stereocenters. The second-order valence-corrected chi connectivity index (χ2v) is 9.77. The van der Waals surface area contributed by atoms with Crippen LogP contribution in [-0.2, 0) is 19.1 Å². The third-order valence-corrected chi connectivity index (χ3v) is 6.46. The molecule has 7 heteroatoms. The first-order chi connectivity index (χ1) is 12.7. The first kappa shape index (κ1) is 22.1. The number of rotatable bonds is 7. The van der Waals surface area contributed by atoms with Crippen molar-refractivity contribution in [3.63, 3.8) is 0 Å². The summed E-state index contributed by atoms with van der Waals surface area (Å²) in [5.74, 6) is 1.15. The number of nitrogens with zero attached hydrogens (tertiary/aromatic N) is 1. The minimum atomic E-state index is -0.500. The van der Waals surface area contributed by atoms with Crippen LogP contribution in [0, 0.1) is 23.7 Å². The molecule has 1 aliphatic heterocycles. The Balaban J connectivity index is 1.92. The summed E-state index contributed by atoms with van der Waals surface area (Å²) in [5.41, 5.74) is -0.500. The van der Waals surface area contributed by atoms with Crippen molar-refractivity contribution < 1.29 is 19.1 Å². The highest BCUT2D eigenvalue weighted by atomic mass is 32.2.